The third-order valence-corrected chi connectivity index (χ3v) is 0. The molecule has 0 saturated carbocycles. The van der Waals surface area contributed by atoms with Crippen molar-refractivity contribution in [1.82, 2.24) is 0 Å². The van der Waals surface area contributed by atoms with Gasteiger partial charge in [0.25, 0.3) is 0 Å². The van der Waals surface area contributed by atoms with Gasteiger partial charge in [-0.3, -0.25) is 0 Å². The molecule has 0 aliphatic rings. The van der Waals surface area contributed by atoms with Crippen molar-refractivity contribution in [2.75, 3.05) is 0 Å². The van der Waals surface area contributed by atoms with E-state index in [1.807, 2.05) is 0 Å². The minimum absolute atomic E-state index is 0.307. The molecule has 0 aromatic rings. The molecule has 0 heterocycles. The van der Waals surface area contributed by atoms with E-state index in [-0.39, 0.29) is 0 Å². The van der Waals surface area contributed by atoms with Gasteiger partial charge in [0, 0.05) is 0 Å². The maximum absolute atomic E-state index is 4.76. The van der Waals surface area contributed by atoms with Crippen LogP contribution in [0.2, 0.25) is 0 Å². The van der Waals surface area contributed by atoms with E-state index in [1.54, 1.807) is 0 Å². The van der Waals surface area contributed by atoms with Crippen molar-refractivity contribution < 1.29 is 17.9 Å². The Labute approximate surface area is 34.4 Å². The van der Waals surface area contributed by atoms with Crippen LogP contribution >= 0.6 is 0 Å². The summed E-state index contributed by atoms with van der Waals surface area (Å²) in [5, 5.41) is 0. The molecule has 0 unspecified atom stereocenters. The third-order valence-electron chi connectivity index (χ3n) is 0. The van der Waals surface area contributed by atoms with Crippen molar-refractivity contribution >= 4 is 4.35 Å². The molecule has 0 radical (unpaired) electrons. The second-order valence-corrected chi connectivity index (χ2v) is 1.31. The molecule has 0 aliphatic heterocycles. The van der Waals surface area contributed by atoms with Crippen LogP contribution in [0.1, 0.15) is 0 Å². The Balaban J connectivity index is 2.80. The first-order valence-corrected chi connectivity index (χ1v) is 1.56. The Hall–Kier alpha value is 0.413. The van der Waals surface area contributed by atoms with Crippen LogP contribution in [0, 0.1) is 0 Å². The summed E-state index contributed by atoms with van der Waals surface area (Å²) < 4.78 is 0.307. The molecule has 27 valence electrons. The molecule has 2 nitrogen and oxygen atoms in total. The van der Waals surface area contributed by atoms with Crippen LogP contribution in [-0.2, 0) is 17.9 Å². The van der Waals surface area contributed by atoms with Crippen LogP contribution in [0.5, 0.6) is 0 Å². The molecular formula is CH4N2Rh. The first-order chi connectivity index (χ1) is 1.73. The van der Waals surface area contributed by atoms with Crippen molar-refractivity contribution in [2.24, 2.45) is 11.5 Å². The molecule has 0 aromatic heterocycles. The second kappa shape index (κ2) is 1.71. The monoisotopic (exact) mass is 147 g/mol. The van der Waals surface area contributed by atoms with E-state index in [0.29, 0.717) is 4.35 Å². The number of hydrogen-bond acceptors (Lipinski definition) is 2. The topological polar surface area (TPSA) is 52.0 Å². The molecule has 0 saturated heterocycles. The quantitative estimate of drug-likeness (QED) is 0.411. The van der Waals surface area contributed by atoms with E-state index in [0.717, 1.165) is 0 Å². The summed E-state index contributed by atoms with van der Waals surface area (Å²) in [6.07, 6.45) is 0. The second-order valence-electron chi connectivity index (χ2n) is 0.359. The summed E-state index contributed by atoms with van der Waals surface area (Å²) in [6.45, 7) is 0. The average molecular weight is 147 g/mol. The fourth-order valence-electron chi connectivity index (χ4n) is 0. The van der Waals surface area contributed by atoms with Gasteiger partial charge in [-0.05, 0) is 0 Å². The first kappa shape index (κ1) is 4.41. The molecule has 0 aliphatic carbocycles. The predicted octanol–water partition coefficient (Wildman–Crippen LogP) is -1.46. The van der Waals surface area contributed by atoms with E-state index >= 15 is 0 Å². The van der Waals surface area contributed by atoms with Crippen LogP contribution < -0.4 is 11.5 Å². The van der Waals surface area contributed by atoms with E-state index in [4.69, 9.17) is 11.5 Å². The summed E-state index contributed by atoms with van der Waals surface area (Å²) >= 11 is 2.29. The van der Waals surface area contributed by atoms with E-state index < -0.39 is 0 Å². The van der Waals surface area contributed by atoms with Gasteiger partial charge in [0.1, 0.15) is 0 Å². The van der Waals surface area contributed by atoms with Crippen LogP contribution in [0.25, 0.3) is 0 Å². The van der Waals surface area contributed by atoms with Crippen molar-refractivity contribution in [2.45, 2.75) is 0 Å². The zero-order valence-electron chi connectivity index (χ0n) is 1.99. The van der Waals surface area contributed by atoms with E-state index in [1.165, 1.54) is 0 Å². The third kappa shape index (κ3) is 28.2. The summed E-state index contributed by atoms with van der Waals surface area (Å²) in [5.41, 5.74) is 9.51. The summed E-state index contributed by atoms with van der Waals surface area (Å²) in [6, 6.07) is 0. The Morgan fingerprint density at radius 3 is 1.50 bits per heavy atom. The molecule has 4 N–H and O–H groups in total. The normalized spacial score (nSPS) is 6.75. The van der Waals surface area contributed by atoms with Gasteiger partial charge in [-0.1, -0.05) is 0 Å². The summed E-state index contributed by atoms with van der Waals surface area (Å²) in [5.74, 6) is 0. The number of rotatable bonds is 0. The standard InChI is InChI=1S/CH4N2.Rh/c2-1-3;/h2-3H2;. The van der Waals surface area contributed by atoms with Crippen LogP contribution in [0.3, 0.4) is 0 Å². The molecule has 0 atom stereocenters. The van der Waals surface area contributed by atoms with Crippen molar-refractivity contribution in [3.05, 3.63) is 0 Å². The molecule has 0 amide bonds. The van der Waals surface area contributed by atoms with Gasteiger partial charge >= 0.3 is 33.7 Å². The molecule has 0 fully saturated rings. The Morgan fingerprint density at radius 1 is 1.50 bits per heavy atom. The Kier molecular flexibility index (Phi) is 1.88. The molecule has 0 rings (SSSR count). The van der Waals surface area contributed by atoms with Gasteiger partial charge < -0.3 is 0 Å². The predicted molar refractivity (Wildman–Crippen MR) is 13.4 cm³/mol. The Morgan fingerprint density at radius 2 is 1.50 bits per heavy atom. The van der Waals surface area contributed by atoms with Gasteiger partial charge in [-0.25, -0.2) is 0 Å². The number of hydrogen-bond donors (Lipinski definition) is 2. The van der Waals surface area contributed by atoms with Gasteiger partial charge in [0.05, 0.1) is 0 Å². The fourth-order valence-corrected chi connectivity index (χ4v) is 0. The van der Waals surface area contributed by atoms with E-state index in [9.17, 15) is 0 Å². The SMILES string of the molecule is N[C](N)=[Rh]. The minimum atomic E-state index is 0.307. The molecule has 3 heteroatoms. The van der Waals surface area contributed by atoms with Crippen molar-refractivity contribution in [3.8, 4) is 0 Å². The number of nitrogens with two attached hydrogens (primary N) is 2. The van der Waals surface area contributed by atoms with Gasteiger partial charge in [-0.15, -0.1) is 0 Å². The van der Waals surface area contributed by atoms with Gasteiger partial charge in [0.2, 0.25) is 0 Å². The fraction of sp³-hybridized carbons (Fsp3) is 0. The molecular weight excluding hydrogens is 143 g/mol. The zero-order chi connectivity index (χ0) is 3.58. The van der Waals surface area contributed by atoms with Gasteiger partial charge in [-0.2, -0.15) is 0 Å². The molecule has 0 aromatic carbocycles. The van der Waals surface area contributed by atoms with E-state index in [2.05, 4.69) is 17.9 Å². The van der Waals surface area contributed by atoms with Crippen molar-refractivity contribution in [1.29, 1.82) is 0 Å². The molecule has 0 spiro atoms. The Bertz CT molecular complexity index is 29.0. The van der Waals surface area contributed by atoms with Crippen LogP contribution in [0.15, 0.2) is 0 Å². The summed E-state index contributed by atoms with van der Waals surface area (Å²) in [4.78, 5) is 0. The van der Waals surface area contributed by atoms with Crippen LogP contribution in [-0.4, -0.2) is 4.35 Å². The maximum atomic E-state index is 4.76. The van der Waals surface area contributed by atoms with Crippen LogP contribution in [0.4, 0.5) is 0 Å². The summed E-state index contributed by atoms with van der Waals surface area (Å²) in [7, 11) is 0. The first-order valence-electron chi connectivity index (χ1n) is 0.744. The molecule has 0 bridgehead atoms. The molecule has 4 heavy (non-hydrogen) atoms. The van der Waals surface area contributed by atoms with Gasteiger partial charge in [0.15, 0.2) is 0 Å². The zero-order valence-corrected chi connectivity index (χ0v) is 3.63. The van der Waals surface area contributed by atoms with Crippen molar-refractivity contribution in [3.63, 3.8) is 0 Å². The average Bonchev–Trinajstić information content (AvgIpc) is 0.811.